The Kier molecular flexibility index (Phi) is 29.6. The SMILES string of the molecule is CCCCCCCCC(=O)OC(CO)C(O)(C(=O)CCCCCCCC)C(O)C(O)(C(=O)CCCCCCCC)C(O)C(=O)CCCCCCCC. The summed E-state index contributed by atoms with van der Waals surface area (Å²) in [7, 11) is 0. The quantitative estimate of drug-likeness (QED) is 0.0312. The highest BCUT2D eigenvalue weighted by molar-refractivity contribution is 5.99. The number of ketones is 3. The molecule has 0 radical (unpaired) electrons. The molecule has 5 N–H and O–H groups in total. The maximum atomic E-state index is 14.0. The fraction of sp³-hybridized carbons (Fsp3) is 0.905. The number of unbranched alkanes of at least 4 members (excludes halogenated alkanes) is 20. The van der Waals surface area contributed by atoms with Gasteiger partial charge in [-0.25, -0.2) is 0 Å². The van der Waals surface area contributed by atoms with E-state index >= 15 is 0 Å². The average Bonchev–Trinajstić information content (AvgIpc) is 3.14. The lowest BCUT2D eigenvalue weighted by molar-refractivity contribution is -0.234. The van der Waals surface area contributed by atoms with Gasteiger partial charge in [-0.2, -0.15) is 0 Å². The van der Waals surface area contributed by atoms with Crippen LogP contribution in [0.2, 0.25) is 0 Å². The monoisotopic (exact) mass is 743 g/mol. The van der Waals surface area contributed by atoms with Gasteiger partial charge in [0.15, 0.2) is 40.8 Å². The van der Waals surface area contributed by atoms with Gasteiger partial charge >= 0.3 is 5.97 Å². The zero-order chi connectivity index (χ0) is 39.3. The van der Waals surface area contributed by atoms with Gasteiger partial charge in [0.25, 0.3) is 0 Å². The molecule has 0 spiro atoms. The summed E-state index contributed by atoms with van der Waals surface area (Å²) in [4.78, 5) is 54.2. The average molecular weight is 743 g/mol. The van der Waals surface area contributed by atoms with Crippen molar-refractivity contribution >= 4 is 23.3 Å². The Balaban J connectivity index is 6.49. The first-order valence-corrected chi connectivity index (χ1v) is 21.1. The van der Waals surface area contributed by atoms with Crippen molar-refractivity contribution in [3.8, 4) is 0 Å². The summed E-state index contributed by atoms with van der Waals surface area (Å²) in [5.74, 6) is -3.88. The number of ether oxygens (including phenoxy) is 1. The van der Waals surface area contributed by atoms with Crippen molar-refractivity contribution in [2.45, 2.75) is 237 Å². The Morgan fingerprint density at radius 2 is 0.808 bits per heavy atom. The van der Waals surface area contributed by atoms with Crippen molar-refractivity contribution in [3.05, 3.63) is 0 Å². The van der Waals surface area contributed by atoms with Crippen LogP contribution in [0.4, 0.5) is 0 Å². The van der Waals surface area contributed by atoms with Gasteiger partial charge < -0.3 is 30.3 Å². The second-order valence-electron chi connectivity index (χ2n) is 15.0. The van der Waals surface area contributed by atoms with Crippen LogP contribution >= 0.6 is 0 Å². The van der Waals surface area contributed by atoms with E-state index in [4.69, 9.17) is 4.74 Å². The van der Waals surface area contributed by atoms with Crippen LogP contribution in [0.15, 0.2) is 0 Å². The van der Waals surface area contributed by atoms with Crippen LogP contribution < -0.4 is 0 Å². The van der Waals surface area contributed by atoms with Crippen molar-refractivity contribution in [1.29, 1.82) is 0 Å². The van der Waals surface area contributed by atoms with Gasteiger partial charge in [0, 0.05) is 25.7 Å². The van der Waals surface area contributed by atoms with Crippen LogP contribution in [0.1, 0.15) is 207 Å². The molecule has 0 aliphatic rings. The smallest absolute Gasteiger partial charge is 0.306 e. The number of Topliss-reactive ketones (excluding diaryl/α,β-unsaturated/α-hetero) is 3. The number of carbonyl (C=O) groups excluding carboxylic acids is 4. The standard InChI is InChI=1S/C42H78O10/c1-5-9-13-17-21-25-29-34(44)39(48)42(51,36(46)31-27-23-19-15-11-7-3)40(49)41(50,35(45)30-26-22-18-14-10-6-2)37(33-43)52-38(47)32-28-24-20-16-12-8-4/h37,39-40,43,48-51H,5-33H2,1-4H3. The second-order valence-corrected chi connectivity index (χ2v) is 15.0. The van der Waals surface area contributed by atoms with E-state index in [9.17, 15) is 44.7 Å². The highest BCUT2D eigenvalue weighted by Gasteiger charge is 2.64. The van der Waals surface area contributed by atoms with E-state index in [1.54, 1.807) is 0 Å². The summed E-state index contributed by atoms with van der Waals surface area (Å²) in [6.45, 7) is 7.24. The van der Waals surface area contributed by atoms with E-state index in [0.717, 1.165) is 109 Å². The van der Waals surface area contributed by atoms with Crippen LogP contribution in [0.25, 0.3) is 0 Å². The Labute approximate surface area is 315 Å². The number of hydrogen-bond donors (Lipinski definition) is 5. The third-order valence-corrected chi connectivity index (χ3v) is 10.4. The fourth-order valence-electron chi connectivity index (χ4n) is 6.83. The first-order chi connectivity index (χ1) is 24.9. The molecular formula is C42H78O10. The summed E-state index contributed by atoms with van der Waals surface area (Å²) in [6, 6.07) is 0. The minimum atomic E-state index is -3.30. The summed E-state index contributed by atoms with van der Waals surface area (Å²) in [5.41, 5.74) is -6.49. The maximum Gasteiger partial charge on any atom is 0.306 e. The molecule has 0 aromatic heterocycles. The minimum Gasteiger partial charge on any atom is -0.456 e. The Morgan fingerprint density at radius 1 is 0.481 bits per heavy atom. The molecule has 5 unspecified atom stereocenters. The molecule has 0 aliphatic heterocycles. The molecule has 0 rings (SSSR count). The fourth-order valence-corrected chi connectivity index (χ4v) is 6.83. The van der Waals surface area contributed by atoms with Crippen LogP contribution in [0.5, 0.6) is 0 Å². The Bertz CT molecular complexity index is 955. The highest BCUT2D eigenvalue weighted by atomic mass is 16.6. The lowest BCUT2D eigenvalue weighted by atomic mass is 9.70. The number of aliphatic hydroxyl groups excluding tert-OH is 3. The molecule has 10 heteroatoms. The molecule has 0 saturated heterocycles. The molecule has 0 fully saturated rings. The van der Waals surface area contributed by atoms with Crippen molar-refractivity contribution in [2.24, 2.45) is 0 Å². The van der Waals surface area contributed by atoms with E-state index in [1.165, 1.54) is 0 Å². The van der Waals surface area contributed by atoms with Crippen LogP contribution in [0, 0.1) is 0 Å². The number of esters is 1. The summed E-state index contributed by atoms with van der Waals surface area (Å²) >= 11 is 0. The molecule has 10 nitrogen and oxygen atoms in total. The van der Waals surface area contributed by atoms with Gasteiger partial charge in [-0.1, -0.05) is 156 Å². The lowest BCUT2D eigenvalue weighted by Crippen LogP contribution is -2.73. The molecule has 0 aromatic carbocycles. The molecule has 52 heavy (non-hydrogen) atoms. The first kappa shape index (κ1) is 50.3. The van der Waals surface area contributed by atoms with Crippen molar-refractivity contribution in [1.82, 2.24) is 0 Å². The predicted molar refractivity (Wildman–Crippen MR) is 206 cm³/mol. The molecule has 0 aromatic rings. The molecule has 0 bridgehead atoms. The number of carbonyl (C=O) groups is 4. The highest BCUT2D eigenvalue weighted by Crippen LogP contribution is 2.35. The summed E-state index contributed by atoms with van der Waals surface area (Å²) < 4.78 is 5.45. The third kappa shape index (κ3) is 18.5. The molecular weight excluding hydrogens is 664 g/mol. The number of rotatable bonds is 37. The Hall–Kier alpha value is -1.72. The van der Waals surface area contributed by atoms with Gasteiger partial charge in [-0.3, -0.25) is 19.2 Å². The van der Waals surface area contributed by atoms with Crippen LogP contribution in [-0.4, -0.2) is 85.0 Å². The molecule has 0 heterocycles. The van der Waals surface area contributed by atoms with Crippen molar-refractivity contribution in [3.63, 3.8) is 0 Å². The predicted octanol–water partition coefficient (Wildman–Crippen LogP) is 7.78. The van der Waals surface area contributed by atoms with Gasteiger partial charge in [-0.05, 0) is 25.7 Å². The molecule has 0 amide bonds. The second kappa shape index (κ2) is 30.6. The maximum absolute atomic E-state index is 14.0. The lowest BCUT2D eigenvalue weighted by Gasteiger charge is -2.45. The van der Waals surface area contributed by atoms with Crippen LogP contribution in [-0.2, 0) is 23.9 Å². The number of aliphatic hydroxyl groups is 5. The minimum absolute atomic E-state index is 0.0684. The molecule has 0 saturated carbocycles. The zero-order valence-corrected chi connectivity index (χ0v) is 33.5. The molecule has 5 atom stereocenters. The first-order valence-electron chi connectivity index (χ1n) is 21.1. The largest absolute Gasteiger partial charge is 0.456 e. The van der Waals surface area contributed by atoms with E-state index in [1.807, 2.05) is 0 Å². The molecule has 0 aliphatic carbocycles. The molecule has 306 valence electrons. The van der Waals surface area contributed by atoms with Gasteiger partial charge in [-0.15, -0.1) is 0 Å². The third-order valence-electron chi connectivity index (χ3n) is 10.4. The van der Waals surface area contributed by atoms with Crippen molar-refractivity contribution in [2.75, 3.05) is 6.61 Å². The topological polar surface area (TPSA) is 179 Å². The van der Waals surface area contributed by atoms with E-state index < -0.39 is 59.4 Å². The zero-order valence-electron chi connectivity index (χ0n) is 33.5. The van der Waals surface area contributed by atoms with Crippen molar-refractivity contribution < 1.29 is 49.4 Å². The van der Waals surface area contributed by atoms with E-state index in [0.29, 0.717) is 38.5 Å². The van der Waals surface area contributed by atoms with Crippen LogP contribution in [0.3, 0.4) is 0 Å². The Morgan fingerprint density at radius 3 is 1.19 bits per heavy atom. The van der Waals surface area contributed by atoms with E-state index in [-0.39, 0.29) is 32.1 Å². The number of hydrogen-bond acceptors (Lipinski definition) is 10. The normalized spacial score (nSPS) is 15.7. The van der Waals surface area contributed by atoms with Gasteiger partial charge in [0.1, 0.15) is 6.10 Å². The summed E-state index contributed by atoms with van der Waals surface area (Å²) in [5, 5.41) is 58.0. The van der Waals surface area contributed by atoms with Gasteiger partial charge in [0.05, 0.1) is 6.61 Å². The van der Waals surface area contributed by atoms with Gasteiger partial charge in [0.2, 0.25) is 0 Å². The van der Waals surface area contributed by atoms with E-state index in [2.05, 4.69) is 27.7 Å². The summed E-state index contributed by atoms with van der Waals surface area (Å²) in [6.07, 6.45) is 11.6.